The number of pyridine rings is 1. The van der Waals surface area contributed by atoms with Crippen LogP contribution < -0.4 is 5.56 Å². The van der Waals surface area contributed by atoms with Crippen LogP contribution in [0.1, 0.15) is 24.5 Å². The number of ether oxygens (including phenoxy) is 1. The lowest BCUT2D eigenvalue weighted by molar-refractivity contribution is -0.122. The van der Waals surface area contributed by atoms with E-state index in [2.05, 4.69) is 0 Å². The van der Waals surface area contributed by atoms with Gasteiger partial charge in [0.05, 0.1) is 10.5 Å². The lowest BCUT2D eigenvalue weighted by Crippen LogP contribution is -2.29. The van der Waals surface area contributed by atoms with Crippen LogP contribution in [-0.2, 0) is 9.53 Å². The third-order valence-corrected chi connectivity index (χ3v) is 7.34. The summed E-state index contributed by atoms with van der Waals surface area (Å²) in [5.41, 5.74) is 1.66. The van der Waals surface area contributed by atoms with E-state index in [1.807, 2.05) is 56.3 Å². The predicted molar refractivity (Wildman–Crippen MR) is 138 cm³/mol. The molecule has 2 aromatic heterocycles. The predicted octanol–water partition coefficient (Wildman–Crippen LogP) is 4.78. The fourth-order valence-electron chi connectivity index (χ4n) is 3.33. The number of nitrogens with zero attached hydrogens (tertiary/aromatic N) is 3. The summed E-state index contributed by atoms with van der Waals surface area (Å²) in [6.45, 7) is 5.55. The van der Waals surface area contributed by atoms with E-state index in [1.54, 1.807) is 17.2 Å². The van der Waals surface area contributed by atoms with Crippen molar-refractivity contribution in [1.82, 2.24) is 14.3 Å². The summed E-state index contributed by atoms with van der Waals surface area (Å²) < 4.78 is 7.38. The summed E-state index contributed by atoms with van der Waals surface area (Å²) in [6, 6.07) is 13.5. The highest BCUT2D eigenvalue weighted by Crippen LogP contribution is 2.35. The maximum Gasteiger partial charge on any atom is 0.266 e. The van der Waals surface area contributed by atoms with E-state index >= 15 is 0 Å². The Balaban J connectivity index is 1.74. The van der Waals surface area contributed by atoms with Gasteiger partial charge in [-0.2, -0.15) is 0 Å². The monoisotopic (exact) mass is 497 g/mol. The Labute approximate surface area is 206 Å². The van der Waals surface area contributed by atoms with Crippen LogP contribution in [0.15, 0.2) is 68.3 Å². The van der Waals surface area contributed by atoms with Gasteiger partial charge in [0.25, 0.3) is 11.5 Å². The van der Waals surface area contributed by atoms with Crippen LogP contribution in [0.25, 0.3) is 11.7 Å². The van der Waals surface area contributed by atoms with Gasteiger partial charge in [-0.25, -0.2) is 4.98 Å². The molecule has 0 N–H and O–H groups in total. The average molecular weight is 498 g/mol. The van der Waals surface area contributed by atoms with E-state index < -0.39 is 0 Å². The van der Waals surface area contributed by atoms with E-state index in [0.29, 0.717) is 51.6 Å². The highest BCUT2D eigenvalue weighted by molar-refractivity contribution is 8.26. The van der Waals surface area contributed by atoms with Crippen molar-refractivity contribution in [2.75, 3.05) is 19.8 Å². The number of thioether (sulfide) groups is 1. The van der Waals surface area contributed by atoms with Gasteiger partial charge in [0.2, 0.25) is 0 Å². The van der Waals surface area contributed by atoms with Crippen LogP contribution in [0.2, 0.25) is 0 Å². The number of hydrogen-bond acceptors (Lipinski definition) is 7. The summed E-state index contributed by atoms with van der Waals surface area (Å²) in [6.07, 6.45) is 4.09. The van der Waals surface area contributed by atoms with Crippen LogP contribution in [0.4, 0.5) is 0 Å². The Morgan fingerprint density at radius 3 is 2.73 bits per heavy atom. The van der Waals surface area contributed by atoms with Crippen molar-refractivity contribution in [3.63, 3.8) is 0 Å². The Bertz CT molecular complexity index is 1290. The van der Waals surface area contributed by atoms with Crippen molar-refractivity contribution in [2.45, 2.75) is 30.2 Å². The molecule has 1 aliphatic heterocycles. The molecule has 0 spiro atoms. The fraction of sp³-hybridized carbons (Fsp3) is 0.250. The molecule has 1 saturated heterocycles. The van der Waals surface area contributed by atoms with E-state index in [0.717, 1.165) is 10.5 Å². The lowest BCUT2D eigenvalue weighted by atomic mass is 10.2. The van der Waals surface area contributed by atoms with Crippen LogP contribution in [0.3, 0.4) is 0 Å². The summed E-state index contributed by atoms with van der Waals surface area (Å²) in [7, 11) is 0. The second-order valence-corrected chi connectivity index (χ2v) is 10.1. The molecule has 33 heavy (non-hydrogen) atoms. The number of hydrogen-bond donors (Lipinski definition) is 0. The Kier molecular flexibility index (Phi) is 7.64. The molecule has 0 bridgehead atoms. The first-order chi connectivity index (χ1) is 16.0. The standard InChI is InChI=1S/C24H23N3O3S3/c1-3-30-13-7-12-26-23(29)19(33-24(26)31)14-18-21(32-17-8-5-4-6-9-17)25-20-11-10-16(2)15-27(20)22(18)28/h4-6,8-11,14-15H,3,7,12-13H2,1-2H3/b19-14+. The van der Waals surface area contributed by atoms with E-state index in [1.165, 1.54) is 27.9 Å². The van der Waals surface area contributed by atoms with Crippen molar-refractivity contribution in [3.05, 3.63) is 75.0 Å². The quantitative estimate of drug-likeness (QED) is 0.192. The molecule has 1 fully saturated rings. The van der Waals surface area contributed by atoms with Crippen molar-refractivity contribution in [1.29, 1.82) is 0 Å². The normalized spacial score (nSPS) is 15.2. The molecule has 4 rings (SSSR count). The minimum Gasteiger partial charge on any atom is -0.382 e. The first-order valence-corrected chi connectivity index (χ1v) is 12.6. The molecule has 170 valence electrons. The zero-order valence-corrected chi connectivity index (χ0v) is 20.8. The maximum absolute atomic E-state index is 13.5. The van der Waals surface area contributed by atoms with Gasteiger partial charge in [-0.3, -0.25) is 18.9 Å². The van der Waals surface area contributed by atoms with Gasteiger partial charge < -0.3 is 4.74 Å². The van der Waals surface area contributed by atoms with Crippen LogP contribution in [0, 0.1) is 6.92 Å². The SMILES string of the molecule is CCOCCCN1C(=O)/C(=C\c2c(Sc3ccccc3)nc3ccc(C)cn3c2=O)SC1=S. The van der Waals surface area contributed by atoms with Crippen LogP contribution in [-0.4, -0.2) is 44.3 Å². The molecule has 3 aromatic rings. The minimum atomic E-state index is -0.219. The molecule has 1 aliphatic rings. The fourth-order valence-corrected chi connectivity index (χ4v) is 5.53. The Morgan fingerprint density at radius 1 is 1.18 bits per heavy atom. The number of amides is 1. The zero-order chi connectivity index (χ0) is 23.4. The first-order valence-electron chi connectivity index (χ1n) is 10.6. The zero-order valence-electron chi connectivity index (χ0n) is 18.3. The third-order valence-electron chi connectivity index (χ3n) is 4.95. The van der Waals surface area contributed by atoms with Gasteiger partial charge in [0.1, 0.15) is 15.0 Å². The molecule has 1 aromatic carbocycles. The summed E-state index contributed by atoms with van der Waals surface area (Å²) in [4.78, 5) is 34.2. The summed E-state index contributed by atoms with van der Waals surface area (Å²) in [5.74, 6) is -0.189. The minimum absolute atomic E-state index is 0.189. The largest absolute Gasteiger partial charge is 0.382 e. The lowest BCUT2D eigenvalue weighted by Gasteiger charge is -2.14. The molecular weight excluding hydrogens is 474 g/mol. The van der Waals surface area contributed by atoms with Crippen molar-refractivity contribution >= 4 is 57.7 Å². The molecule has 9 heteroatoms. The van der Waals surface area contributed by atoms with Crippen LogP contribution >= 0.6 is 35.7 Å². The number of aromatic nitrogens is 2. The van der Waals surface area contributed by atoms with Gasteiger partial charge >= 0.3 is 0 Å². The highest BCUT2D eigenvalue weighted by Gasteiger charge is 2.32. The number of benzene rings is 1. The number of carbonyl (C=O) groups is 1. The number of aryl methyl sites for hydroxylation is 1. The smallest absolute Gasteiger partial charge is 0.266 e. The number of rotatable bonds is 8. The van der Waals surface area contributed by atoms with Crippen molar-refractivity contribution < 1.29 is 9.53 Å². The first kappa shape index (κ1) is 23.7. The van der Waals surface area contributed by atoms with Gasteiger partial charge in [-0.1, -0.05) is 60.0 Å². The summed E-state index contributed by atoms with van der Waals surface area (Å²) >= 11 is 8.05. The second kappa shape index (κ2) is 10.6. The molecule has 0 atom stereocenters. The molecule has 0 saturated carbocycles. The molecular formula is C24H23N3O3S3. The molecule has 1 amide bonds. The van der Waals surface area contributed by atoms with Crippen molar-refractivity contribution in [3.8, 4) is 0 Å². The Hall–Kier alpha value is -2.46. The molecule has 0 radical (unpaired) electrons. The number of carbonyl (C=O) groups excluding carboxylic acids is 1. The maximum atomic E-state index is 13.5. The third kappa shape index (κ3) is 5.38. The van der Waals surface area contributed by atoms with Crippen LogP contribution in [0.5, 0.6) is 0 Å². The van der Waals surface area contributed by atoms with E-state index in [4.69, 9.17) is 21.9 Å². The van der Waals surface area contributed by atoms with E-state index in [-0.39, 0.29) is 11.5 Å². The topological polar surface area (TPSA) is 63.9 Å². The Morgan fingerprint density at radius 2 is 1.97 bits per heavy atom. The van der Waals surface area contributed by atoms with E-state index in [9.17, 15) is 9.59 Å². The molecule has 3 heterocycles. The van der Waals surface area contributed by atoms with Gasteiger partial charge in [-0.05, 0) is 50.1 Å². The average Bonchev–Trinajstić information content (AvgIpc) is 3.07. The number of thiocarbonyl (C=S) groups is 1. The van der Waals surface area contributed by atoms with Gasteiger partial charge in [0.15, 0.2) is 0 Å². The molecule has 6 nitrogen and oxygen atoms in total. The molecule has 0 unspecified atom stereocenters. The summed E-state index contributed by atoms with van der Waals surface area (Å²) in [5, 5.41) is 0.552. The highest BCUT2D eigenvalue weighted by atomic mass is 32.2. The number of fused-ring (bicyclic) bond motifs is 1. The van der Waals surface area contributed by atoms with Crippen molar-refractivity contribution in [2.24, 2.45) is 0 Å². The van der Waals surface area contributed by atoms with Gasteiger partial charge in [-0.15, -0.1) is 0 Å². The second-order valence-electron chi connectivity index (χ2n) is 7.37. The molecule has 0 aliphatic carbocycles. The van der Waals surface area contributed by atoms with Gasteiger partial charge in [0, 0.05) is 30.9 Å².